The van der Waals surface area contributed by atoms with Crippen LogP contribution in [0.2, 0.25) is 0 Å². The van der Waals surface area contributed by atoms with Gasteiger partial charge in [-0.15, -0.1) is 0 Å². The predicted octanol–water partition coefficient (Wildman–Crippen LogP) is 4.53. The number of esters is 3. The average Bonchev–Trinajstić information content (AvgIpc) is 3.00. The van der Waals surface area contributed by atoms with Crippen molar-refractivity contribution in [2.24, 2.45) is 5.41 Å². The van der Waals surface area contributed by atoms with Gasteiger partial charge in [-0.2, -0.15) is 0 Å². The van der Waals surface area contributed by atoms with E-state index >= 15 is 0 Å². The quantitative estimate of drug-likeness (QED) is 0.192. The van der Waals surface area contributed by atoms with Crippen LogP contribution >= 0.6 is 0 Å². The molecule has 1 unspecified atom stereocenters. The van der Waals surface area contributed by atoms with Crippen LogP contribution in [0, 0.1) is 5.41 Å². The Morgan fingerprint density at radius 1 is 0.682 bits per heavy atom. The number of hydrogen-bond donors (Lipinski definition) is 2. The van der Waals surface area contributed by atoms with E-state index in [4.69, 9.17) is 14.2 Å². The average molecular weight is 603 g/mol. The van der Waals surface area contributed by atoms with Crippen molar-refractivity contribution in [3.05, 3.63) is 108 Å². The van der Waals surface area contributed by atoms with Gasteiger partial charge in [0.1, 0.15) is 12.6 Å². The molecule has 0 heterocycles. The molecule has 0 radical (unpaired) electrons. The minimum atomic E-state index is -0.934. The van der Waals surface area contributed by atoms with Crippen molar-refractivity contribution in [1.82, 2.24) is 10.6 Å². The van der Waals surface area contributed by atoms with E-state index in [9.17, 15) is 19.2 Å². The summed E-state index contributed by atoms with van der Waals surface area (Å²) in [5, 5.41) is 6.07. The van der Waals surface area contributed by atoms with Gasteiger partial charge < -0.3 is 19.5 Å². The molecule has 0 saturated carbocycles. The van der Waals surface area contributed by atoms with E-state index in [1.807, 2.05) is 91.0 Å². The van der Waals surface area contributed by atoms with Crippen LogP contribution in [-0.4, -0.2) is 48.7 Å². The highest BCUT2D eigenvalue weighted by molar-refractivity contribution is 5.84. The Kier molecular flexibility index (Phi) is 13.1. The van der Waals surface area contributed by atoms with Gasteiger partial charge in [0.15, 0.2) is 0 Å². The van der Waals surface area contributed by atoms with Crippen molar-refractivity contribution in [1.29, 1.82) is 0 Å². The smallest absolute Gasteiger partial charge is 0.326 e. The Hall–Kier alpha value is -4.50. The van der Waals surface area contributed by atoms with E-state index in [-0.39, 0.29) is 31.8 Å². The van der Waals surface area contributed by atoms with E-state index in [1.54, 1.807) is 27.7 Å². The zero-order valence-electron chi connectivity index (χ0n) is 25.8. The number of amides is 1. The minimum Gasteiger partial charge on any atom is -0.461 e. The summed E-state index contributed by atoms with van der Waals surface area (Å²) < 4.78 is 15.8. The van der Waals surface area contributed by atoms with Gasteiger partial charge in [-0.25, -0.2) is 0 Å². The molecule has 2 N–H and O–H groups in total. The third kappa shape index (κ3) is 12.0. The molecule has 44 heavy (non-hydrogen) atoms. The van der Waals surface area contributed by atoms with Crippen LogP contribution in [0.15, 0.2) is 91.0 Å². The molecule has 3 aromatic rings. The molecule has 1 amide bonds. The topological polar surface area (TPSA) is 120 Å². The molecule has 3 rings (SSSR count). The Morgan fingerprint density at radius 2 is 1.18 bits per heavy atom. The van der Waals surface area contributed by atoms with Gasteiger partial charge in [0, 0.05) is 6.04 Å². The Bertz CT molecular complexity index is 1340. The van der Waals surface area contributed by atoms with Crippen LogP contribution in [0.4, 0.5) is 0 Å². The zero-order chi connectivity index (χ0) is 32.0. The molecule has 9 heteroatoms. The van der Waals surface area contributed by atoms with Crippen molar-refractivity contribution in [2.75, 3.05) is 6.79 Å². The van der Waals surface area contributed by atoms with Crippen molar-refractivity contribution in [3.8, 4) is 0 Å². The van der Waals surface area contributed by atoms with Gasteiger partial charge in [-0.1, -0.05) is 91.0 Å². The van der Waals surface area contributed by atoms with Crippen molar-refractivity contribution in [2.45, 2.75) is 71.7 Å². The zero-order valence-corrected chi connectivity index (χ0v) is 25.8. The molecule has 234 valence electrons. The number of hydrogen-bond acceptors (Lipinski definition) is 8. The number of benzene rings is 3. The van der Waals surface area contributed by atoms with Gasteiger partial charge in [0.05, 0.1) is 17.9 Å². The Labute approximate surface area is 259 Å². The minimum absolute atomic E-state index is 0.0226. The summed E-state index contributed by atoms with van der Waals surface area (Å²) >= 11 is 0. The molecular formula is C35H42N2O7. The van der Waals surface area contributed by atoms with E-state index in [2.05, 4.69) is 10.6 Å². The van der Waals surface area contributed by atoms with Crippen molar-refractivity contribution >= 4 is 23.8 Å². The summed E-state index contributed by atoms with van der Waals surface area (Å²) in [4.78, 5) is 51.5. The lowest BCUT2D eigenvalue weighted by molar-refractivity contribution is -0.174. The second-order valence-electron chi connectivity index (χ2n) is 11.7. The first-order valence-electron chi connectivity index (χ1n) is 14.7. The van der Waals surface area contributed by atoms with Crippen LogP contribution in [0.25, 0.3) is 0 Å². The summed E-state index contributed by atoms with van der Waals surface area (Å²) in [6, 6.07) is 25.8. The second-order valence-corrected chi connectivity index (χ2v) is 11.7. The number of carbonyl (C=O) groups is 4. The largest absolute Gasteiger partial charge is 0.461 e. The second kappa shape index (κ2) is 17.0. The lowest BCUT2D eigenvalue weighted by Crippen LogP contribution is -2.54. The van der Waals surface area contributed by atoms with Crippen LogP contribution < -0.4 is 10.6 Å². The molecule has 3 aromatic carbocycles. The molecule has 0 saturated heterocycles. The van der Waals surface area contributed by atoms with Gasteiger partial charge in [-0.05, 0) is 57.2 Å². The van der Waals surface area contributed by atoms with E-state index < -0.39 is 48.2 Å². The van der Waals surface area contributed by atoms with Crippen LogP contribution in [0.3, 0.4) is 0 Å². The van der Waals surface area contributed by atoms with E-state index in [0.29, 0.717) is 0 Å². The summed E-state index contributed by atoms with van der Waals surface area (Å²) in [5.74, 6) is -2.00. The maximum atomic E-state index is 13.6. The molecule has 0 spiro atoms. The molecule has 3 atom stereocenters. The molecular weight excluding hydrogens is 560 g/mol. The fraction of sp³-hybridized carbons (Fsp3) is 0.371. The Balaban J connectivity index is 1.70. The first-order chi connectivity index (χ1) is 21.0. The maximum absolute atomic E-state index is 13.6. The normalized spacial score (nSPS) is 13.2. The van der Waals surface area contributed by atoms with Crippen molar-refractivity contribution < 1.29 is 33.4 Å². The highest BCUT2D eigenvalue weighted by atomic mass is 16.7. The van der Waals surface area contributed by atoms with Gasteiger partial charge in [-0.3, -0.25) is 24.5 Å². The van der Waals surface area contributed by atoms with E-state index in [1.165, 1.54) is 0 Å². The molecule has 0 aliphatic carbocycles. The fourth-order valence-electron chi connectivity index (χ4n) is 4.28. The number of rotatable bonds is 15. The molecule has 0 bridgehead atoms. The fourth-order valence-corrected chi connectivity index (χ4v) is 4.28. The third-order valence-electron chi connectivity index (χ3n) is 6.68. The van der Waals surface area contributed by atoms with Crippen LogP contribution in [0.5, 0.6) is 0 Å². The monoisotopic (exact) mass is 602 g/mol. The number of carbonyl (C=O) groups excluding carboxylic acids is 4. The van der Waals surface area contributed by atoms with Gasteiger partial charge in [0.2, 0.25) is 12.7 Å². The predicted molar refractivity (Wildman–Crippen MR) is 166 cm³/mol. The summed E-state index contributed by atoms with van der Waals surface area (Å²) in [6.07, 6.45) is 0.480. The number of ether oxygens (including phenoxy) is 3. The SMILES string of the molecule is C[C@H](CC(=O)OCc1ccccc1)NC(=O)[C@H](Cc1ccccc1)NC(Cc1ccccc1)C(=O)OCOC(=O)C(C)(C)C. The first-order valence-corrected chi connectivity index (χ1v) is 14.7. The van der Waals surface area contributed by atoms with Crippen molar-refractivity contribution in [3.63, 3.8) is 0 Å². The molecule has 9 nitrogen and oxygen atoms in total. The first kappa shape index (κ1) is 34.0. The van der Waals surface area contributed by atoms with Gasteiger partial charge >= 0.3 is 17.9 Å². The lowest BCUT2D eigenvalue weighted by atomic mass is 9.98. The molecule has 0 aliphatic rings. The summed E-state index contributed by atoms with van der Waals surface area (Å²) in [6.45, 7) is 6.43. The maximum Gasteiger partial charge on any atom is 0.326 e. The van der Waals surface area contributed by atoms with Crippen LogP contribution in [-0.2, 0) is 52.8 Å². The molecule has 0 fully saturated rings. The third-order valence-corrected chi connectivity index (χ3v) is 6.68. The highest BCUT2D eigenvalue weighted by Gasteiger charge is 2.30. The summed E-state index contributed by atoms with van der Waals surface area (Å²) in [5.41, 5.74) is 1.84. The standard InChI is InChI=1S/C35H42N2O7/c1-25(20-31(38)42-23-28-18-12-7-13-19-28)36-32(39)29(21-26-14-8-5-9-15-26)37-30(22-27-16-10-6-11-17-27)33(40)43-24-44-34(41)35(2,3)4/h5-19,25,29-30,37H,20-24H2,1-4H3,(H,36,39)/t25-,29+,30?/m1/s1. The molecule has 0 aliphatic heterocycles. The number of nitrogens with one attached hydrogen (secondary N) is 2. The Morgan fingerprint density at radius 3 is 1.70 bits per heavy atom. The molecule has 0 aromatic heterocycles. The van der Waals surface area contributed by atoms with E-state index in [0.717, 1.165) is 16.7 Å². The van der Waals surface area contributed by atoms with Crippen LogP contribution in [0.1, 0.15) is 50.8 Å². The lowest BCUT2D eigenvalue weighted by Gasteiger charge is -2.26. The highest BCUT2D eigenvalue weighted by Crippen LogP contribution is 2.15. The summed E-state index contributed by atoms with van der Waals surface area (Å²) in [7, 11) is 0. The van der Waals surface area contributed by atoms with Gasteiger partial charge in [0.25, 0.3) is 0 Å².